The predicted octanol–water partition coefficient (Wildman–Crippen LogP) is 4.03. The molecule has 36 heavy (non-hydrogen) atoms. The van der Waals surface area contributed by atoms with Crippen molar-refractivity contribution in [3.63, 3.8) is 0 Å². The summed E-state index contributed by atoms with van der Waals surface area (Å²) >= 11 is 0. The first-order chi connectivity index (χ1) is 17.4. The Labute approximate surface area is 207 Å². The highest BCUT2D eigenvalue weighted by atomic mass is 32.2. The molecule has 6 rings (SSSR count). The molecule has 11 nitrogen and oxygen atoms in total. The Hall–Kier alpha value is -3.93. The van der Waals surface area contributed by atoms with Gasteiger partial charge in [0.25, 0.3) is 10.0 Å². The highest BCUT2D eigenvalue weighted by Crippen LogP contribution is 2.55. The molecule has 12 heteroatoms. The molecule has 0 amide bonds. The topological polar surface area (TPSA) is 130 Å². The summed E-state index contributed by atoms with van der Waals surface area (Å²) in [5, 5.41) is 12.4. The molecular weight excluding hydrogens is 486 g/mol. The van der Waals surface area contributed by atoms with E-state index in [0.29, 0.717) is 27.8 Å². The Morgan fingerprint density at radius 2 is 1.72 bits per heavy atom. The molecule has 1 aliphatic heterocycles. The summed E-state index contributed by atoms with van der Waals surface area (Å²) in [6, 6.07) is 10.2. The van der Waals surface area contributed by atoms with E-state index in [1.165, 1.54) is 52.0 Å². The maximum Gasteiger partial charge on any atom is 0.270 e. The lowest BCUT2D eigenvalue weighted by Gasteiger charge is -2.14. The molecule has 3 heterocycles. The number of benzene rings is 2. The van der Waals surface area contributed by atoms with Crippen molar-refractivity contribution in [2.45, 2.75) is 36.1 Å². The van der Waals surface area contributed by atoms with Crippen molar-refractivity contribution in [3.05, 3.63) is 42.1 Å². The number of ether oxygens (including phenoxy) is 3. The maximum absolute atomic E-state index is 13.3. The van der Waals surface area contributed by atoms with E-state index < -0.39 is 10.0 Å². The second kappa shape index (κ2) is 8.05. The van der Waals surface area contributed by atoms with Gasteiger partial charge in [-0.15, -0.1) is 0 Å². The number of methoxy groups -OCH3 is 3. The molecule has 0 atom stereocenters. The number of aryl methyl sites for hydroxylation is 1. The van der Waals surface area contributed by atoms with E-state index in [0.717, 1.165) is 18.8 Å². The van der Waals surface area contributed by atoms with Gasteiger partial charge in [-0.05, 0) is 37.5 Å². The average molecular weight is 512 g/mol. The summed E-state index contributed by atoms with van der Waals surface area (Å²) in [7, 11) is 0.177. The van der Waals surface area contributed by atoms with Crippen LogP contribution in [-0.4, -0.2) is 44.7 Å². The van der Waals surface area contributed by atoms with Crippen LogP contribution < -0.4 is 24.2 Å². The summed E-state index contributed by atoms with van der Waals surface area (Å²) in [6.45, 7) is 0.926. The second-order valence-electron chi connectivity index (χ2n) is 8.97. The van der Waals surface area contributed by atoms with Gasteiger partial charge in [0.15, 0.2) is 22.1 Å². The van der Waals surface area contributed by atoms with E-state index >= 15 is 0 Å². The average Bonchev–Trinajstić information content (AvgIpc) is 3.25. The number of nitrogens with zero attached hydrogens (tertiary/aromatic N) is 3. The van der Waals surface area contributed by atoms with Crippen molar-refractivity contribution in [2.75, 3.05) is 31.4 Å². The monoisotopic (exact) mass is 511 g/mol. The number of nitrogens with one attached hydrogen (secondary N) is 2. The molecule has 4 aromatic rings. The van der Waals surface area contributed by atoms with Gasteiger partial charge in [0.1, 0.15) is 17.2 Å². The fourth-order valence-corrected chi connectivity index (χ4v) is 6.22. The molecule has 2 aliphatic rings. The van der Waals surface area contributed by atoms with Crippen molar-refractivity contribution in [3.8, 4) is 17.2 Å². The molecule has 0 unspecified atom stereocenters. The lowest BCUT2D eigenvalue weighted by Crippen LogP contribution is -2.15. The van der Waals surface area contributed by atoms with Crippen LogP contribution in [0.1, 0.15) is 25.0 Å². The number of anilines is 3. The number of hydrogen-bond donors (Lipinski definition) is 2. The third-order valence-corrected chi connectivity index (χ3v) is 8.32. The van der Waals surface area contributed by atoms with Crippen molar-refractivity contribution in [1.82, 2.24) is 14.9 Å². The molecule has 2 N–H and O–H groups in total. The molecule has 2 aromatic carbocycles. The third kappa shape index (κ3) is 3.51. The zero-order chi connectivity index (χ0) is 25.1. The molecule has 1 saturated carbocycles. The smallest absolute Gasteiger partial charge is 0.270 e. The number of fused-ring (bicyclic) bond motifs is 3. The molecule has 2 aromatic heterocycles. The van der Waals surface area contributed by atoms with Crippen LogP contribution in [0.5, 0.6) is 17.2 Å². The van der Waals surface area contributed by atoms with Crippen molar-refractivity contribution >= 4 is 38.3 Å². The van der Waals surface area contributed by atoms with Gasteiger partial charge in [-0.2, -0.15) is 5.10 Å². The van der Waals surface area contributed by atoms with Gasteiger partial charge in [-0.1, -0.05) is 11.2 Å². The van der Waals surface area contributed by atoms with Gasteiger partial charge in [-0.25, -0.2) is 8.42 Å². The third-order valence-electron chi connectivity index (χ3n) is 6.92. The Balaban J connectivity index is 1.33. The molecule has 1 aliphatic carbocycles. The molecule has 188 valence electrons. The normalized spacial score (nSPS) is 15.6. The first-order valence-corrected chi connectivity index (χ1v) is 12.9. The predicted molar refractivity (Wildman–Crippen MR) is 132 cm³/mol. The van der Waals surface area contributed by atoms with Crippen molar-refractivity contribution in [2.24, 2.45) is 0 Å². The fourth-order valence-electron chi connectivity index (χ4n) is 4.88. The molecule has 0 radical (unpaired) electrons. The van der Waals surface area contributed by atoms with Gasteiger partial charge in [0.05, 0.1) is 32.4 Å². The first-order valence-electron chi connectivity index (χ1n) is 11.4. The summed E-state index contributed by atoms with van der Waals surface area (Å²) in [4.78, 5) is -0.141. The maximum atomic E-state index is 13.3. The Morgan fingerprint density at radius 3 is 2.39 bits per heavy atom. The van der Waals surface area contributed by atoms with Crippen LogP contribution in [0.3, 0.4) is 0 Å². The number of sulfonamides is 1. The van der Waals surface area contributed by atoms with Crippen LogP contribution >= 0.6 is 0 Å². The van der Waals surface area contributed by atoms with E-state index in [9.17, 15) is 8.42 Å². The molecule has 0 bridgehead atoms. The number of hydrogen-bond acceptors (Lipinski definition) is 9. The minimum absolute atomic E-state index is 0.0134. The molecule has 1 fully saturated rings. The SMILES string of the molecule is COc1cc2c(NS(=O)(=O)c3c(OC)cccc3OC)noc2cc1Nc1cc2n(n1)CCC21CC1. The summed E-state index contributed by atoms with van der Waals surface area (Å²) in [5.74, 6) is 1.49. The standard InChI is InChI=1S/C24H25N5O6S/c1-32-16-5-4-6-17(33-2)22(16)36(30,31)28-23-14-11-19(34-3)15(12-18(14)35-27-23)25-21-13-20-24(7-8-24)9-10-29(20)26-21/h4-6,11-13H,7-10H2,1-3H3,(H,25,26)(H,27,28). The van der Waals surface area contributed by atoms with Crippen LogP contribution in [0, 0.1) is 0 Å². The summed E-state index contributed by atoms with van der Waals surface area (Å²) in [6.07, 6.45) is 3.58. The lowest BCUT2D eigenvalue weighted by atomic mass is 10.0. The summed E-state index contributed by atoms with van der Waals surface area (Å²) < 4.78 is 52.7. The quantitative estimate of drug-likeness (QED) is 0.360. The largest absolute Gasteiger partial charge is 0.495 e. The van der Waals surface area contributed by atoms with Gasteiger partial charge in [0.2, 0.25) is 0 Å². The zero-order valence-corrected chi connectivity index (χ0v) is 20.8. The van der Waals surface area contributed by atoms with Gasteiger partial charge in [-0.3, -0.25) is 9.40 Å². The fraction of sp³-hybridized carbons (Fsp3) is 0.333. The van der Waals surface area contributed by atoms with Gasteiger partial charge in [0, 0.05) is 29.8 Å². The van der Waals surface area contributed by atoms with E-state index in [1.54, 1.807) is 18.2 Å². The Kier molecular flexibility index (Phi) is 5.04. The molecular formula is C24H25N5O6S. The highest BCUT2D eigenvalue weighted by Gasteiger charge is 2.50. The minimum atomic E-state index is -4.13. The van der Waals surface area contributed by atoms with Crippen LogP contribution in [-0.2, 0) is 22.0 Å². The van der Waals surface area contributed by atoms with Crippen LogP contribution in [0.25, 0.3) is 11.0 Å². The summed E-state index contributed by atoms with van der Waals surface area (Å²) in [5.41, 5.74) is 2.58. The van der Waals surface area contributed by atoms with E-state index in [4.69, 9.17) is 18.7 Å². The van der Waals surface area contributed by atoms with Crippen molar-refractivity contribution in [1.29, 1.82) is 0 Å². The number of rotatable bonds is 8. The van der Waals surface area contributed by atoms with Crippen LogP contribution in [0.2, 0.25) is 0 Å². The van der Waals surface area contributed by atoms with Crippen molar-refractivity contribution < 1.29 is 27.2 Å². The van der Waals surface area contributed by atoms with E-state index in [-0.39, 0.29) is 22.2 Å². The minimum Gasteiger partial charge on any atom is -0.495 e. The Bertz CT molecular complexity index is 1570. The van der Waals surface area contributed by atoms with Gasteiger partial charge >= 0.3 is 0 Å². The van der Waals surface area contributed by atoms with E-state index in [2.05, 4.69) is 31.0 Å². The van der Waals surface area contributed by atoms with Gasteiger partial charge < -0.3 is 24.1 Å². The van der Waals surface area contributed by atoms with E-state index in [1.807, 2.05) is 0 Å². The first kappa shape index (κ1) is 22.5. The molecule has 1 spiro atoms. The van der Waals surface area contributed by atoms with Crippen LogP contribution in [0.15, 0.2) is 45.8 Å². The van der Waals surface area contributed by atoms with Crippen LogP contribution in [0.4, 0.5) is 17.3 Å². The lowest BCUT2D eigenvalue weighted by molar-refractivity contribution is 0.373. The zero-order valence-electron chi connectivity index (χ0n) is 20.0. The highest BCUT2D eigenvalue weighted by molar-refractivity contribution is 7.93. The second-order valence-corrected chi connectivity index (χ2v) is 10.6. The molecule has 0 saturated heterocycles. The number of aromatic nitrogens is 3. The Morgan fingerprint density at radius 1 is 1.00 bits per heavy atom.